The van der Waals surface area contributed by atoms with Crippen LogP contribution in [0.4, 0.5) is 0 Å². The molecule has 6 heteroatoms. The van der Waals surface area contributed by atoms with E-state index >= 15 is 0 Å². The molecule has 1 saturated heterocycles. The molecule has 6 nitrogen and oxygen atoms in total. The summed E-state index contributed by atoms with van der Waals surface area (Å²) in [5.74, 6) is 1.91. The highest BCUT2D eigenvalue weighted by molar-refractivity contribution is 5.97. The number of aliphatic imine (C=N–C) groups is 1. The molecule has 3 aromatic carbocycles. The molecule has 2 N–H and O–H groups in total. The number of rotatable bonds is 6. The van der Waals surface area contributed by atoms with Gasteiger partial charge in [-0.1, -0.05) is 49.0 Å². The molecule has 0 aliphatic carbocycles. The number of amides is 1. The number of nitrogens with two attached hydrogens (primary N) is 1. The zero-order valence-corrected chi connectivity index (χ0v) is 23.2. The summed E-state index contributed by atoms with van der Waals surface area (Å²) in [7, 11) is 1.83. The zero-order valence-electron chi connectivity index (χ0n) is 23.2. The lowest BCUT2D eigenvalue weighted by molar-refractivity contribution is 0.0647. The quantitative estimate of drug-likeness (QED) is 0.330. The van der Waals surface area contributed by atoms with E-state index in [0.717, 1.165) is 77.3 Å². The third kappa shape index (κ3) is 5.85. The number of ether oxygens (including phenoxy) is 1. The van der Waals surface area contributed by atoms with E-state index in [2.05, 4.69) is 66.7 Å². The summed E-state index contributed by atoms with van der Waals surface area (Å²) in [4.78, 5) is 22.3. The molecule has 2 heterocycles. The van der Waals surface area contributed by atoms with Gasteiger partial charge in [0.1, 0.15) is 11.9 Å². The van der Waals surface area contributed by atoms with Gasteiger partial charge in [0, 0.05) is 56.8 Å². The minimum atomic E-state index is 0.0608. The monoisotopic (exact) mass is 522 g/mol. The molecule has 0 saturated carbocycles. The molecule has 0 spiro atoms. The van der Waals surface area contributed by atoms with E-state index in [4.69, 9.17) is 10.5 Å². The molecular formula is C33H38N4O2. The highest BCUT2D eigenvalue weighted by Crippen LogP contribution is 2.30. The third-order valence-corrected chi connectivity index (χ3v) is 7.99. The fourth-order valence-electron chi connectivity index (χ4n) is 5.59. The molecule has 2 aliphatic rings. The molecule has 1 fully saturated rings. The van der Waals surface area contributed by atoms with Crippen molar-refractivity contribution in [2.24, 2.45) is 10.7 Å². The molecule has 0 bridgehead atoms. The van der Waals surface area contributed by atoms with E-state index in [1.807, 2.05) is 42.3 Å². The molecule has 1 amide bonds. The molecule has 1 unspecified atom stereocenters. The fraction of sp³-hybridized carbons (Fsp3) is 0.333. The maximum Gasteiger partial charge on any atom is 0.254 e. The molecule has 2 aliphatic heterocycles. The van der Waals surface area contributed by atoms with Crippen molar-refractivity contribution in [3.8, 4) is 16.9 Å². The van der Waals surface area contributed by atoms with Crippen LogP contribution < -0.4 is 10.5 Å². The zero-order chi connectivity index (χ0) is 27.5. The van der Waals surface area contributed by atoms with E-state index in [0.29, 0.717) is 12.2 Å². The average molecular weight is 523 g/mol. The van der Waals surface area contributed by atoms with E-state index in [9.17, 15) is 4.79 Å². The molecule has 0 aromatic heterocycles. The summed E-state index contributed by atoms with van der Waals surface area (Å²) in [5.41, 5.74) is 12.5. The lowest BCUT2D eigenvalue weighted by Gasteiger charge is -2.36. The summed E-state index contributed by atoms with van der Waals surface area (Å²) in [6, 6.07) is 22.6. The van der Waals surface area contributed by atoms with Crippen LogP contribution in [-0.2, 0) is 13.0 Å². The summed E-state index contributed by atoms with van der Waals surface area (Å²) in [6.45, 7) is 10.5. The van der Waals surface area contributed by atoms with Gasteiger partial charge in [-0.15, -0.1) is 0 Å². The SMILES string of the molecule is C=C(N)c1cccc(-c2cccc(CN3C(=O)c4cc(OC5CCN(C(C)=NC)CC5)ccc4CC3C)c2)c1. The highest BCUT2D eigenvalue weighted by Gasteiger charge is 2.30. The van der Waals surface area contributed by atoms with Crippen molar-refractivity contribution in [2.45, 2.75) is 51.8 Å². The number of hydrogen-bond donors (Lipinski definition) is 1. The Morgan fingerprint density at radius 3 is 2.49 bits per heavy atom. The van der Waals surface area contributed by atoms with Crippen LogP contribution in [0.1, 0.15) is 53.7 Å². The molecular weight excluding hydrogens is 484 g/mol. The van der Waals surface area contributed by atoms with Gasteiger partial charge in [-0.25, -0.2) is 0 Å². The number of carbonyl (C=O) groups excluding carboxylic acids is 1. The maximum atomic E-state index is 13.7. The van der Waals surface area contributed by atoms with Crippen LogP contribution in [0.2, 0.25) is 0 Å². The lowest BCUT2D eigenvalue weighted by Crippen LogP contribution is -2.43. The number of fused-ring (bicyclic) bond motifs is 1. The predicted octanol–water partition coefficient (Wildman–Crippen LogP) is 5.76. The van der Waals surface area contributed by atoms with Crippen molar-refractivity contribution in [1.29, 1.82) is 0 Å². The van der Waals surface area contributed by atoms with Crippen LogP contribution in [0.3, 0.4) is 0 Å². The topological polar surface area (TPSA) is 71.2 Å². The summed E-state index contributed by atoms with van der Waals surface area (Å²) >= 11 is 0. The number of piperidine rings is 1. The molecule has 39 heavy (non-hydrogen) atoms. The Balaban J connectivity index is 1.30. The van der Waals surface area contributed by atoms with Gasteiger partial charge in [-0.2, -0.15) is 0 Å². The number of benzene rings is 3. The van der Waals surface area contributed by atoms with Gasteiger partial charge in [0.25, 0.3) is 5.91 Å². The van der Waals surface area contributed by atoms with Crippen molar-refractivity contribution >= 4 is 17.4 Å². The fourth-order valence-corrected chi connectivity index (χ4v) is 5.59. The second-order valence-corrected chi connectivity index (χ2v) is 10.7. The van der Waals surface area contributed by atoms with Crippen molar-refractivity contribution in [1.82, 2.24) is 9.80 Å². The molecule has 1 atom stereocenters. The second-order valence-electron chi connectivity index (χ2n) is 10.7. The van der Waals surface area contributed by atoms with Crippen LogP contribution in [0, 0.1) is 0 Å². The van der Waals surface area contributed by atoms with E-state index in [1.165, 1.54) is 0 Å². The Kier molecular flexibility index (Phi) is 7.73. The molecule has 5 rings (SSSR count). The number of nitrogens with zero attached hydrogens (tertiary/aromatic N) is 3. The highest BCUT2D eigenvalue weighted by atomic mass is 16.5. The Morgan fingerprint density at radius 1 is 1.05 bits per heavy atom. The number of carbonyl (C=O) groups is 1. The molecule has 3 aromatic rings. The van der Waals surface area contributed by atoms with Crippen LogP contribution >= 0.6 is 0 Å². The normalized spacial score (nSPS) is 18.2. The van der Waals surface area contributed by atoms with Crippen molar-refractivity contribution in [2.75, 3.05) is 20.1 Å². The Morgan fingerprint density at radius 2 is 1.77 bits per heavy atom. The summed E-state index contributed by atoms with van der Waals surface area (Å²) in [5, 5.41) is 0. The first-order valence-electron chi connectivity index (χ1n) is 13.8. The Labute approximate surface area is 231 Å². The molecule has 202 valence electrons. The summed E-state index contributed by atoms with van der Waals surface area (Å²) in [6.07, 6.45) is 2.87. The Hall–Kier alpha value is -4.06. The van der Waals surface area contributed by atoms with Gasteiger partial charge in [0.2, 0.25) is 0 Å². The van der Waals surface area contributed by atoms with Gasteiger partial charge in [0.15, 0.2) is 0 Å². The number of hydrogen-bond acceptors (Lipinski definition) is 4. The largest absolute Gasteiger partial charge is 0.490 e. The number of likely N-dealkylation sites (tertiary alicyclic amines) is 1. The first-order chi connectivity index (χ1) is 18.8. The van der Waals surface area contributed by atoms with E-state index < -0.39 is 0 Å². The van der Waals surface area contributed by atoms with Crippen LogP contribution in [-0.4, -0.2) is 53.8 Å². The Bertz CT molecular complexity index is 1400. The van der Waals surface area contributed by atoms with Crippen molar-refractivity contribution in [3.05, 3.63) is 95.6 Å². The first kappa shape index (κ1) is 26.5. The first-order valence-corrected chi connectivity index (χ1v) is 13.8. The minimum Gasteiger partial charge on any atom is -0.490 e. The standard InChI is InChI=1S/C33H38N4O2/c1-22-17-29-11-12-31(39-30-13-15-36(16-14-30)24(3)35-4)20-32(29)33(38)37(22)21-25-7-5-9-27(18-25)28-10-6-8-26(19-28)23(2)34/h5-12,18-20,22,30H,2,13-17,21,34H2,1,3-4H3. The molecule has 0 radical (unpaired) electrons. The minimum absolute atomic E-state index is 0.0608. The maximum absolute atomic E-state index is 13.7. The second kappa shape index (κ2) is 11.4. The van der Waals surface area contributed by atoms with Gasteiger partial charge < -0.3 is 20.3 Å². The smallest absolute Gasteiger partial charge is 0.254 e. The number of amidine groups is 1. The van der Waals surface area contributed by atoms with Crippen LogP contribution in [0.15, 0.2) is 78.3 Å². The van der Waals surface area contributed by atoms with Gasteiger partial charge in [0.05, 0.1) is 5.84 Å². The average Bonchev–Trinajstić information content (AvgIpc) is 2.96. The van der Waals surface area contributed by atoms with Gasteiger partial charge >= 0.3 is 0 Å². The van der Waals surface area contributed by atoms with Crippen LogP contribution in [0.5, 0.6) is 5.75 Å². The van der Waals surface area contributed by atoms with Gasteiger partial charge in [-0.3, -0.25) is 9.79 Å². The van der Waals surface area contributed by atoms with Gasteiger partial charge in [-0.05, 0) is 72.4 Å². The van der Waals surface area contributed by atoms with E-state index in [-0.39, 0.29) is 18.1 Å². The summed E-state index contributed by atoms with van der Waals surface area (Å²) < 4.78 is 6.35. The van der Waals surface area contributed by atoms with Crippen molar-refractivity contribution in [3.63, 3.8) is 0 Å². The van der Waals surface area contributed by atoms with Crippen LogP contribution in [0.25, 0.3) is 16.8 Å². The third-order valence-electron chi connectivity index (χ3n) is 7.99. The lowest BCUT2D eigenvalue weighted by atomic mass is 9.93. The predicted molar refractivity (Wildman–Crippen MR) is 159 cm³/mol. The van der Waals surface area contributed by atoms with Crippen molar-refractivity contribution < 1.29 is 9.53 Å². The van der Waals surface area contributed by atoms with E-state index in [1.54, 1.807) is 0 Å².